The van der Waals surface area contributed by atoms with Crippen LogP contribution < -0.4 is 19.8 Å². The number of rotatable bonds is 29. The van der Waals surface area contributed by atoms with Gasteiger partial charge in [-0.1, -0.05) is 70.2 Å². The molecule has 2 aromatic heterocycles. The number of aliphatic hydroxyl groups excluding tert-OH is 2. The quantitative estimate of drug-likeness (QED) is 0.0252. The van der Waals surface area contributed by atoms with Gasteiger partial charge in [-0.25, -0.2) is 9.13 Å². The van der Waals surface area contributed by atoms with E-state index in [0.29, 0.717) is 25.9 Å². The Kier molecular flexibility index (Phi) is 23.0. The van der Waals surface area contributed by atoms with Crippen LogP contribution in [0.5, 0.6) is 0 Å². The van der Waals surface area contributed by atoms with E-state index in [4.69, 9.17) is 10.2 Å². The minimum atomic E-state index is 0.115. The zero-order valence-electron chi connectivity index (χ0n) is 35.6. The number of aryl methyl sites for hydroxylation is 2. The molecule has 0 atom stereocenters. The number of unbranched alkanes of at least 4 members (excludes halogenated alkanes) is 2. The normalized spacial score (nSPS) is 11.3. The van der Waals surface area contributed by atoms with Gasteiger partial charge < -0.3 is 30.6 Å². The zero-order chi connectivity index (χ0) is 42.6. The first-order valence-corrected chi connectivity index (χ1v) is 23.8. The number of nitrogens with zero attached hydrogens (tertiary/aromatic N) is 4. The fourth-order valence-corrected chi connectivity index (χ4v) is 8.44. The number of aromatic nitrogens is 2. The summed E-state index contributed by atoms with van der Waals surface area (Å²) >= 11 is 0. The maximum absolute atomic E-state index is 12.6. The van der Waals surface area contributed by atoms with Gasteiger partial charge in [0.2, 0.25) is 11.8 Å². The highest BCUT2D eigenvalue weighted by Gasteiger charge is 2.11. The fourth-order valence-electron chi connectivity index (χ4n) is 6.27. The molecule has 0 unspecified atom stereocenters. The molecule has 2 amide bonds. The lowest BCUT2D eigenvalue weighted by atomic mass is 10.1. The van der Waals surface area contributed by atoms with E-state index < -0.39 is 0 Å². The smallest absolute Gasteiger partial charge is 0.222 e. The van der Waals surface area contributed by atoms with Crippen molar-refractivity contribution < 1.29 is 28.9 Å². The summed E-state index contributed by atoms with van der Waals surface area (Å²) in [6, 6.07) is 24.8. The van der Waals surface area contributed by atoms with E-state index >= 15 is 0 Å². The van der Waals surface area contributed by atoms with Crippen molar-refractivity contribution in [2.45, 2.75) is 64.5 Å². The first-order chi connectivity index (χ1) is 29.3. The molecular formula is C48H66N6O4S2+2. The number of carbonyl (C=O) groups is 2. The average Bonchev–Trinajstić information content (AvgIpc) is 3.28. The number of nitrogens with one attached hydrogen (secondary N) is 2. The van der Waals surface area contributed by atoms with Crippen LogP contribution in [0.3, 0.4) is 0 Å². The van der Waals surface area contributed by atoms with Gasteiger partial charge in [0.05, 0.1) is 13.2 Å². The number of amides is 2. The number of benzene rings is 2. The second-order valence-corrected chi connectivity index (χ2v) is 17.5. The van der Waals surface area contributed by atoms with Gasteiger partial charge in [0.15, 0.2) is 24.8 Å². The van der Waals surface area contributed by atoms with Gasteiger partial charge in [-0.3, -0.25) is 9.59 Å². The monoisotopic (exact) mass is 854 g/mol. The second kappa shape index (κ2) is 28.8. The molecule has 0 saturated heterocycles. The SMILES string of the molecule is CN(CCCC[n+]1ccc(/C=C/c2ccc(NCCO)cc2)cc1)C(=O)CCCSSCCCC(=O)N(C)CCCC[n+]1ccc(/C=C/c2ccc(NCCO)cc2)cc1. The maximum atomic E-state index is 12.6. The molecule has 0 radical (unpaired) electrons. The van der Waals surface area contributed by atoms with Crippen molar-refractivity contribution in [1.29, 1.82) is 0 Å². The Morgan fingerprint density at radius 1 is 0.533 bits per heavy atom. The Labute approximate surface area is 366 Å². The molecular weight excluding hydrogens is 789 g/mol. The van der Waals surface area contributed by atoms with Crippen LogP contribution in [-0.4, -0.2) is 96.8 Å². The molecule has 4 rings (SSSR count). The summed E-state index contributed by atoms with van der Waals surface area (Å²) in [5.41, 5.74) is 6.53. The van der Waals surface area contributed by atoms with E-state index in [2.05, 4.69) is 117 Å². The van der Waals surface area contributed by atoms with Gasteiger partial charge >= 0.3 is 0 Å². The number of hydrogen-bond acceptors (Lipinski definition) is 8. The maximum Gasteiger partial charge on any atom is 0.222 e. The molecule has 0 fully saturated rings. The average molecular weight is 855 g/mol. The Hall–Kier alpha value is -4.62. The first-order valence-electron chi connectivity index (χ1n) is 21.3. The Bertz CT molecular complexity index is 1720. The van der Waals surface area contributed by atoms with Crippen molar-refractivity contribution in [2.75, 3.05) is 75.6 Å². The molecule has 2 aromatic carbocycles. The van der Waals surface area contributed by atoms with Crippen LogP contribution in [0.15, 0.2) is 97.6 Å². The largest absolute Gasteiger partial charge is 0.395 e. The van der Waals surface area contributed by atoms with Crippen LogP contribution in [0, 0.1) is 0 Å². The van der Waals surface area contributed by atoms with Crippen molar-refractivity contribution in [3.63, 3.8) is 0 Å². The molecule has 0 bridgehead atoms. The summed E-state index contributed by atoms with van der Waals surface area (Å²) in [4.78, 5) is 29.0. The highest BCUT2D eigenvalue weighted by Crippen LogP contribution is 2.24. The molecule has 322 valence electrons. The molecule has 0 spiro atoms. The molecule has 4 aromatic rings. The number of pyridine rings is 2. The van der Waals surface area contributed by atoms with Crippen LogP contribution in [0.4, 0.5) is 11.4 Å². The Morgan fingerprint density at radius 2 is 0.883 bits per heavy atom. The first kappa shape index (κ1) is 48.1. The van der Waals surface area contributed by atoms with Crippen LogP contribution >= 0.6 is 21.6 Å². The van der Waals surface area contributed by atoms with E-state index in [1.807, 2.05) is 48.2 Å². The third-order valence-corrected chi connectivity index (χ3v) is 12.5. The fraction of sp³-hybridized carbons (Fsp3) is 0.417. The van der Waals surface area contributed by atoms with E-state index in [1.165, 1.54) is 0 Å². The molecule has 0 aliphatic rings. The van der Waals surface area contributed by atoms with Crippen LogP contribution in [0.2, 0.25) is 0 Å². The minimum absolute atomic E-state index is 0.115. The van der Waals surface area contributed by atoms with Gasteiger partial charge in [-0.05, 0) is 72.2 Å². The number of carbonyl (C=O) groups excluding carboxylic acids is 2. The van der Waals surface area contributed by atoms with Gasteiger partial charge in [-0.2, -0.15) is 0 Å². The highest BCUT2D eigenvalue weighted by atomic mass is 33.1. The summed E-state index contributed by atoms with van der Waals surface area (Å²) in [5.74, 6) is 2.29. The van der Waals surface area contributed by atoms with Crippen molar-refractivity contribution in [3.8, 4) is 0 Å². The molecule has 60 heavy (non-hydrogen) atoms. The predicted molar refractivity (Wildman–Crippen MR) is 252 cm³/mol. The molecule has 0 aliphatic carbocycles. The van der Waals surface area contributed by atoms with Crippen LogP contribution in [-0.2, 0) is 22.7 Å². The summed E-state index contributed by atoms with van der Waals surface area (Å²) in [6.45, 7) is 4.71. The molecule has 12 heteroatoms. The lowest BCUT2D eigenvalue weighted by Crippen LogP contribution is -2.33. The number of anilines is 2. The minimum Gasteiger partial charge on any atom is -0.395 e. The highest BCUT2D eigenvalue weighted by molar-refractivity contribution is 8.76. The number of aliphatic hydroxyl groups is 2. The topological polar surface area (TPSA) is 113 Å². The third-order valence-electron chi connectivity index (χ3n) is 9.96. The van der Waals surface area contributed by atoms with Crippen molar-refractivity contribution in [2.24, 2.45) is 0 Å². The van der Waals surface area contributed by atoms with Crippen molar-refractivity contribution in [1.82, 2.24) is 9.80 Å². The lowest BCUT2D eigenvalue weighted by Gasteiger charge is -2.17. The molecule has 2 heterocycles. The van der Waals surface area contributed by atoms with E-state index in [-0.39, 0.29) is 25.0 Å². The standard InChI is InChI=1S/C48H64N6O4S2/c1-51(29-3-5-31-53-33-23-43(24-34-53)13-11-41-15-19-45(20-16-41)49-27-37-55)47(57)9-7-39-59-60-40-8-10-48(58)52(2)30-4-6-32-54-35-25-44(26-36-54)14-12-42-17-21-46(22-18-42)50-28-38-56/h11-26,33-36,55-56H,3-10,27-32,37-40H2,1-2H3/p+2. The number of hydrogen-bond donors (Lipinski definition) is 4. The van der Waals surface area contributed by atoms with Crippen LogP contribution in [0.1, 0.15) is 73.6 Å². The van der Waals surface area contributed by atoms with Gasteiger partial charge in [0.25, 0.3) is 0 Å². The molecule has 4 N–H and O–H groups in total. The lowest BCUT2D eigenvalue weighted by molar-refractivity contribution is -0.697. The zero-order valence-corrected chi connectivity index (χ0v) is 37.2. The molecule has 0 saturated carbocycles. The Balaban J connectivity index is 0.953. The summed E-state index contributed by atoms with van der Waals surface area (Å²) < 4.78 is 4.38. The predicted octanol–water partition coefficient (Wildman–Crippen LogP) is 7.53. The van der Waals surface area contributed by atoms with Crippen LogP contribution in [0.25, 0.3) is 24.3 Å². The van der Waals surface area contributed by atoms with E-state index in [0.717, 1.165) is 110 Å². The van der Waals surface area contributed by atoms with Crippen molar-refractivity contribution in [3.05, 3.63) is 120 Å². The van der Waals surface area contributed by atoms with Gasteiger partial charge in [0.1, 0.15) is 13.1 Å². The van der Waals surface area contributed by atoms with E-state index in [1.54, 1.807) is 21.6 Å². The summed E-state index contributed by atoms with van der Waals surface area (Å²) in [7, 11) is 7.42. The second-order valence-electron chi connectivity index (χ2n) is 14.8. The Morgan fingerprint density at radius 3 is 1.23 bits per heavy atom. The van der Waals surface area contributed by atoms with E-state index in [9.17, 15) is 9.59 Å². The molecule has 0 aliphatic heterocycles. The van der Waals surface area contributed by atoms with Gasteiger partial charge in [-0.15, -0.1) is 0 Å². The third kappa shape index (κ3) is 19.6. The molecule has 10 nitrogen and oxygen atoms in total. The van der Waals surface area contributed by atoms with Gasteiger partial charge in [0, 0.05) is 113 Å². The van der Waals surface area contributed by atoms with Crippen molar-refractivity contribution >= 4 is 69.1 Å². The summed E-state index contributed by atoms with van der Waals surface area (Å²) in [6.07, 6.45) is 23.7. The summed E-state index contributed by atoms with van der Waals surface area (Å²) in [5, 5.41) is 24.2.